The first-order chi connectivity index (χ1) is 10.7. The van der Waals surface area contributed by atoms with Gasteiger partial charge in [0.05, 0.1) is 7.11 Å². The standard InChI is InChI=1S/C16H23N3O3/c1-22-16(21)19-11-5-8-14(12-19)18-15(20)17-10-9-13-6-3-2-4-7-13/h2-4,6-7,14H,5,8-12H2,1H3,(H2,17,18,20)/t14-/m1/s1. The maximum Gasteiger partial charge on any atom is 0.409 e. The normalized spacial score (nSPS) is 17.7. The molecule has 3 amide bonds. The Hall–Kier alpha value is -2.24. The Labute approximate surface area is 130 Å². The molecule has 0 aliphatic carbocycles. The Morgan fingerprint density at radius 2 is 2.09 bits per heavy atom. The molecule has 1 aromatic carbocycles. The lowest BCUT2D eigenvalue weighted by atomic mass is 10.1. The van der Waals surface area contributed by atoms with E-state index in [1.54, 1.807) is 4.90 Å². The van der Waals surface area contributed by atoms with Gasteiger partial charge in [-0.1, -0.05) is 30.3 Å². The van der Waals surface area contributed by atoms with E-state index in [2.05, 4.69) is 10.6 Å². The van der Waals surface area contributed by atoms with Crippen LogP contribution in [0.3, 0.4) is 0 Å². The molecule has 0 bridgehead atoms. The van der Waals surface area contributed by atoms with E-state index in [9.17, 15) is 9.59 Å². The van der Waals surface area contributed by atoms with Crippen LogP contribution in [0.25, 0.3) is 0 Å². The molecule has 2 rings (SSSR count). The molecule has 1 aliphatic heterocycles. The zero-order valence-corrected chi connectivity index (χ0v) is 12.9. The van der Waals surface area contributed by atoms with Gasteiger partial charge in [0.25, 0.3) is 0 Å². The molecular weight excluding hydrogens is 282 g/mol. The van der Waals surface area contributed by atoms with Gasteiger partial charge in [-0.05, 0) is 24.8 Å². The number of hydrogen-bond donors (Lipinski definition) is 2. The number of carbonyl (C=O) groups is 2. The van der Waals surface area contributed by atoms with Crippen LogP contribution in [0.2, 0.25) is 0 Å². The average molecular weight is 305 g/mol. The van der Waals surface area contributed by atoms with Crippen LogP contribution < -0.4 is 10.6 Å². The molecule has 6 heteroatoms. The van der Waals surface area contributed by atoms with Crippen LogP contribution in [0.5, 0.6) is 0 Å². The Bertz CT molecular complexity index is 493. The van der Waals surface area contributed by atoms with Crippen molar-refractivity contribution in [3.8, 4) is 0 Å². The molecule has 1 heterocycles. The summed E-state index contributed by atoms with van der Waals surface area (Å²) >= 11 is 0. The third-order valence-electron chi connectivity index (χ3n) is 3.73. The second-order valence-electron chi connectivity index (χ2n) is 5.39. The number of ether oxygens (including phenoxy) is 1. The largest absolute Gasteiger partial charge is 0.453 e. The summed E-state index contributed by atoms with van der Waals surface area (Å²) in [6.07, 6.45) is 2.20. The highest BCUT2D eigenvalue weighted by Gasteiger charge is 2.24. The molecule has 22 heavy (non-hydrogen) atoms. The van der Waals surface area contributed by atoms with Gasteiger partial charge in [0, 0.05) is 25.7 Å². The Morgan fingerprint density at radius 1 is 1.32 bits per heavy atom. The molecule has 2 N–H and O–H groups in total. The lowest BCUT2D eigenvalue weighted by molar-refractivity contribution is 0.108. The molecule has 1 fully saturated rings. The molecule has 0 unspecified atom stereocenters. The monoisotopic (exact) mass is 305 g/mol. The van der Waals surface area contributed by atoms with Crippen molar-refractivity contribution in [1.82, 2.24) is 15.5 Å². The highest BCUT2D eigenvalue weighted by Crippen LogP contribution is 2.10. The minimum absolute atomic E-state index is 0.0235. The van der Waals surface area contributed by atoms with Gasteiger partial charge >= 0.3 is 12.1 Å². The number of benzene rings is 1. The number of likely N-dealkylation sites (tertiary alicyclic amines) is 1. The highest BCUT2D eigenvalue weighted by molar-refractivity contribution is 5.74. The molecule has 1 atom stereocenters. The van der Waals surface area contributed by atoms with Crippen LogP contribution in [0, 0.1) is 0 Å². The zero-order valence-electron chi connectivity index (χ0n) is 12.9. The van der Waals surface area contributed by atoms with Crippen molar-refractivity contribution < 1.29 is 14.3 Å². The number of methoxy groups -OCH3 is 1. The Morgan fingerprint density at radius 3 is 2.82 bits per heavy atom. The fraction of sp³-hybridized carbons (Fsp3) is 0.500. The molecule has 6 nitrogen and oxygen atoms in total. The van der Waals surface area contributed by atoms with Crippen molar-refractivity contribution in [2.24, 2.45) is 0 Å². The fourth-order valence-electron chi connectivity index (χ4n) is 2.59. The Kier molecular flexibility index (Phi) is 6.06. The molecule has 1 saturated heterocycles. The summed E-state index contributed by atoms with van der Waals surface area (Å²) in [5, 5.41) is 5.77. The summed E-state index contributed by atoms with van der Waals surface area (Å²) in [5.74, 6) is 0. The van der Waals surface area contributed by atoms with Crippen molar-refractivity contribution in [3.63, 3.8) is 0 Å². The van der Waals surface area contributed by atoms with Crippen LogP contribution in [-0.4, -0.2) is 49.8 Å². The third kappa shape index (κ3) is 4.95. The van der Waals surface area contributed by atoms with Crippen molar-refractivity contribution in [2.45, 2.75) is 25.3 Å². The van der Waals surface area contributed by atoms with Crippen LogP contribution in [0.4, 0.5) is 9.59 Å². The van der Waals surface area contributed by atoms with Gasteiger partial charge in [0.15, 0.2) is 0 Å². The van der Waals surface area contributed by atoms with E-state index in [4.69, 9.17) is 4.74 Å². The topological polar surface area (TPSA) is 70.7 Å². The van der Waals surface area contributed by atoms with Crippen molar-refractivity contribution in [2.75, 3.05) is 26.7 Å². The van der Waals surface area contributed by atoms with E-state index < -0.39 is 0 Å². The van der Waals surface area contributed by atoms with Crippen molar-refractivity contribution >= 4 is 12.1 Å². The first-order valence-electron chi connectivity index (χ1n) is 7.60. The highest BCUT2D eigenvalue weighted by atomic mass is 16.5. The first-order valence-corrected chi connectivity index (χ1v) is 7.60. The SMILES string of the molecule is COC(=O)N1CCC[C@@H](NC(=O)NCCc2ccccc2)C1. The molecule has 1 aromatic rings. The maximum atomic E-state index is 11.9. The predicted molar refractivity (Wildman–Crippen MR) is 83.7 cm³/mol. The summed E-state index contributed by atoms with van der Waals surface area (Å²) in [5.41, 5.74) is 1.19. The average Bonchev–Trinajstić information content (AvgIpc) is 2.55. The van der Waals surface area contributed by atoms with Crippen LogP contribution in [0.1, 0.15) is 18.4 Å². The number of carbonyl (C=O) groups excluding carboxylic acids is 2. The van der Waals surface area contributed by atoms with E-state index in [0.29, 0.717) is 19.6 Å². The number of hydrogen-bond acceptors (Lipinski definition) is 3. The molecule has 1 aliphatic rings. The molecule has 120 valence electrons. The molecule has 0 spiro atoms. The number of urea groups is 1. The quantitative estimate of drug-likeness (QED) is 0.890. The van der Waals surface area contributed by atoms with Crippen LogP contribution in [-0.2, 0) is 11.2 Å². The molecule has 0 aromatic heterocycles. The minimum atomic E-state index is -0.337. The van der Waals surface area contributed by atoms with Gasteiger partial charge in [-0.25, -0.2) is 9.59 Å². The molecule has 0 saturated carbocycles. The van der Waals surface area contributed by atoms with Gasteiger partial charge < -0.3 is 20.3 Å². The fourth-order valence-corrected chi connectivity index (χ4v) is 2.59. The summed E-state index contributed by atoms with van der Waals surface area (Å²) in [6.45, 7) is 1.77. The number of nitrogens with zero attached hydrogens (tertiary/aromatic N) is 1. The number of amides is 3. The van der Waals surface area contributed by atoms with Gasteiger partial charge in [0.1, 0.15) is 0 Å². The van der Waals surface area contributed by atoms with Gasteiger partial charge in [-0.15, -0.1) is 0 Å². The van der Waals surface area contributed by atoms with E-state index in [1.165, 1.54) is 12.7 Å². The Balaban J connectivity index is 1.69. The number of piperidine rings is 1. The van der Waals surface area contributed by atoms with Crippen LogP contribution >= 0.6 is 0 Å². The summed E-state index contributed by atoms with van der Waals surface area (Å²) in [4.78, 5) is 25.0. The van der Waals surface area contributed by atoms with Gasteiger partial charge in [-0.2, -0.15) is 0 Å². The molecule has 0 radical (unpaired) electrons. The minimum Gasteiger partial charge on any atom is -0.453 e. The van der Waals surface area contributed by atoms with E-state index in [-0.39, 0.29) is 18.2 Å². The number of nitrogens with one attached hydrogen (secondary N) is 2. The van der Waals surface area contributed by atoms with E-state index in [1.807, 2.05) is 30.3 Å². The predicted octanol–water partition coefficient (Wildman–Crippen LogP) is 1.76. The first kappa shape index (κ1) is 16.1. The van der Waals surface area contributed by atoms with Crippen molar-refractivity contribution in [3.05, 3.63) is 35.9 Å². The van der Waals surface area contributed by atoms with Gasteiger partial charge in [-0.3, -0.25) is 0 Å². The summed E-state index contributed by atoms with van der Waals surface area (Å²) < 4.78 is 4.72. The smallest absolute Gasteiger partial charge is 0.409 e. The van der Waals surface area contributed by atoms with Crippen LogP contribution in [0.15, 0.2) is 30.3 Å². The third-order valence-corrected chi connectivity index (χ3v) is 3.73. The number of rotatable bonds is 4. The molecular formula is C16H23N3O3. The van der Waals surface area contributed by atoms with Gasteiger partial charge in [0.2, 0.25) is 0 Å². The van der Waals surface area contributed by atoms with Crippen molar-refractivity contribution in [1.29, 1.82) is 0 Å². The lowest BCUT2D eigenvalue weighted by Crippen LogP contribution is -2.52. The summed E-state index contributed by atoms with van der Waals surface area (Å²) in [7, 11) is 1.37. The summed E-state index contributed by atoms with van der Waals surface area (Å²) in [6, 6.07) is 9.80. The zero-order chi connectivity index (χ0) is 15.8. The van der Waals surface area contributed by atoms with E-state index >= 15 is 0 Å². The van der Waals surface area contributed by atoms with E-state index in [0.717, 1.165) is 19.3 Å². The second kappa shape index (κ2) is 8.26. The maximum absolute atomic E-state index is 11.9. The second-order valence-corrected chi connectivity index (χ2v) is 5.39. The lowest BCUT2D eigenvalue weighted by Gasteiger charge is -2.32.